The second-order valence-electron chi connectivity index (χ2n) is 5.06. The average Bonchev–Trinajstić information content (AvgIpc) is 2.42. The van der Waals surface area contributed by atoms with Gasteiger partial charge < -0.3 is 5.11 Å². The normalized spacial score (nSPS) is 18.4. The average molecular weight is 305 g/mol. The Kier molecular flexibility index (Phi) is 4.41. The number of piperidine rings is 1. The van der Waals surface area contributed by atoms with Gasteiger partial charge in [-0.25, -0.2) is 17.2 Å². The highest BCUT2D eigenvalue weighted by Crippen LogP contribution is 2.26. The minimum absolute atomic E-state index is 0.0257. The van der Waals surface area contributed by atoms with Crippen LogP contribution in [-0.2, 0) is 10.0 Å². The molecule has 1 aliphatic heterocycles. The first kappa shape index (κ1) is 15.3. The van der Waals surface area contributed by atoms with Gasteiger partial charge >= 0.3 is 0 Å². The van der Waals surface area contributed by atoms with Gasteiger partial charge in [-0.15, -0.1) is 0 Å². The summed E-state index contributed by atoms with van der Waals surface area (Å²) in [7, 11) is -3.95. The van der Waals surface area contributed by atoms with Crippen molar-refractivity contribution in [2.45, 2.75) is 24.7 Å². The summed E-state index contributed by atoms with van der Waals surface area (Å²) in [6, 6.07) is 1.63. The van der Waals surface area contributed by atoms with Gasteiger partial charge in [-0.05, 0) is 37.3 Å². The molecule has 1 heterocycles. The van der Waals surface area contributed by atoms with Crippen LogP contribution in [0, 0.1) is 24.5 Å². The van der Waals surface area contributed by atoms with E-state index in [1.165, 1.54) is 11.2 Å². The first-order valence-electron chi connectivity index (χ1n) is 6.43. The number of nitrogens with zero attached hydrogens (tertiary/aromatic N) is 1. The van der Waals surface area contributed by atoms with E-state index in [9.17, 15) is 17.2 Å². The van der Waals surface area contributed by atoms with E-state index in [1.54, 1.807) is 0 Å². The van der Waals surface area contributed by atoms with Crippen LogP contribution < -0.4 is 0 Å². The van der Waals surface area contributed by atoms with Gasteiger partial charge in [0.2, 0.25) is 10.0 Å². The maximum absolute atomic E-state index is 13.7. The molecule has 0 amide bonds. The molecule has 0 aliphatic carbocycles. The molecule has 1 N–H and O–H groups in total. The third-order valence-electron chi connectivity index (χ3n) is 3.66. The molecule has 0 aromatic heterocycles. The molecule has 1 fully saturated rings. The molecule has 0 bridgehead atoms. The SMILES string of the molecule is Cc1cc(S(=O)(=O)N2CCC(CO)CC2)c(F)cc1F. The molecule has 0 unspecified atom stereocenters. The van der Waals surface area contributed by atoms with Gasteiger partial charge in [0.25, 0.3) is 0 Å². The van der Waals surface area contributed by atoms with Gasteiger partial charge in [-0.1, -0.05) is 0 Å². The van der Waals surface area contributed by atoms with E-state index in [4.69, 9.17) is 5.11 Å². The number of halogens is 2. The van der Waals surface area contributed by atoms with Crippen molar-refractivity contribution in [3.63, 3.8) is 0 Å². The maximum atomic E-state index is 13.7. The van der Waals surface area contributed by atoms with Crippen LogP contribution in [0.4, 0.5) is 8.78 Å². The zero-order valence-corrected chi connectivity index (χ0v) is 12.0. The Hall–Kier alpha value is -1.05. The molecule has 0 spiro atoms. The molecule has 4 nitrogen and oxygen atoms in total. The third-order valence-corrected chi connectivity index (χ3v) is 5.58. The summed E-state index contributed by atoms with van der Waals surface area (Å²) in [5, 5.41) is 9.04. The molecule has 20 heavy (non-hydrogen) atoms. The van der Waals surface area contributed by atoms with E-state index in [0.717, 1.165) is 6.07 Å². The fraction of sp³-hybridized carbons (Fsp3) is 0.538. The minimum atomic E-state index is -3.95. The smallest absolute Gasteiger partial charge is 0.245 e. The number of rotatable bonds is 3. The first-order chi connectivity index (χ1) is 9.36. The highest BCUT2D eigenvalue weighted by molar-refractivity contribution is 7.89. The van der Waals surface area contributed by atoms with Crippen LogP contribution in [0.5, 0.6) is 0 Å². The lowest BCUT2D eigenvalue weighted by atomic mass is 10.00. The van der Waals surface area contributed by atoms with Crippen molar-refractivity contribution in [3.8, 4) is 0 Å². The van der Waals surface area contributed by atoms with Gasteiger partial charge in [0.05, 0.1) is 0 Å². The summed E-state index contributed by atoms with van der Waals surface area (Å²) >= 11 is 0. The molecule has 2 rings (SSSR count). The number of aryl methyl sites for hydroxylation is 1. The Labute approximate surface area is 117 Å². The van der Waals surface area contributed by atoms with Gasteiger partial charge in [0.15, 0.2) is 0 Å². The van der Waals surface area contributed by atoms with Gasteiger partial charge in [-0.3, -0.25) is 0 Å². The maximum Gasteiger partial charge on any atom is 0.245 e. The second kappa shape index (κ2) is 5.75. The lowest BCUT2D eigenvalue weighted by molar-refractivity contribution is 0.170. The standard InChI is InChI=1S/C13H17F2NO3S/c1-9-6-13(12(15)7-11(9)14)20(18,19)16-4-2-10(8-17)3-5-16/h6-7,10,17H,2-5,8H2,1H3. The Morgan fingerprint density at radius 2 is 1.85 bits per heavy atom. The lowest BCUT2D eigenvalue weighted by Gasteiger charge is -2.30. The largest absolute Gasteiger partial charge is 0.396 e. The summed E-state index contributed by atoms with van der Waals surface area (Å²) < 4.78 is 52.9. The molecule has 1 aromatic rings. The van der Waals surface area contributed by atoms with Gasteiger partial charge in [-0.2, -0.15) is 4.31 Å². The molecule has 112 valence electrons. The highest BCUT2D eigenvalue weighted by Gasteiger charge is 2.31. The minimum Gasteiger partial charge on any atom is -0.396 e. The Morgan fingerprint density at radius 1 is 1.25 bits per heavy atom. The molecule has 7 heteroatoms. The van der Waals surface area contributed by atoms with Crippen LogP contribution in [0.25, 0.3) is 0 Å². The van der Waals surface area contributed by atoms with Crippen molar-refractivity contribution in [2.24, 2.45) is 5.92 Å². The number of sulfonamides is 1. The second-order valence-corrected chi connectivity index (χ2v) is 6.97. The fourth-order valence-corrected chi connectivity index (χ4v) is 3.90. The summed E-state index contributed by atoms with van der Waals surface area (Å²) in [5.41, 5.74) is 0.0928. The van der Waals surface area contributed by atoms with E-state index < -0.39 is 26.6 Å². The molecular formula is C13H17F2NO3S. The Bertz CT molecular complexity index is 596. The van der Waals surface area contributed by atoms with E-state index in [0.29, 0.717) is 18.9 Å². The van der Waals surface area contributed by atoms with Crippen LogP contribution in [0.1, 0.15) is 18.4 Å². The van der Waals surface area contributed by atoms with Crippen molar-refractivity contribution in [1.29, 1.82) is 0 Å². The van der Waals surface area contributed by atoms with Crippen LogP contribution in [0.15, 0.2) is 17.0 Å². The third kappa shape index (κ3) is 2.84. The molecule has 0 saturated carbocycles. The molecule has 0 radical (unpaired) electrons. The van der Waals surface area contributed by atoms with Crippen molar-refractivity contribution in [2.75, 3.05) is 19.7 Å². The quantitative estimate of drug-likeness (QED) is 0.924. The molecule has 1 aromatic carbocycles. The highest BCUT2D eigenvalue weighted by atomic mass is 32.2. The zero-order chi connectivity index (χ0) is 14.9. The number of aliphatic hydroxyl groups excluding tert-OH is 1. The summed E-state index contributed by atoms with van der Waals surface area (Å²) in [6.45, 7) is 1.90. The van der Waals surface area contributed by atoms with E-state index in [-0.39, 0.29) is 31.2 Å². The monoisotopic (exact) mass is 305 g/mol. The van der Waals surface area contributed by atoms with E-state index in [1.807, 2.05) is 0 Å². The number of hydrogen-bond acceptors (Lipinski definition) is 3. The molecule has 1 saturated heterocycles. The van der Waals surface area contributed by atoms with Crippen molar-refractivity contribution in [3.05, 3.63) is 29.3 Å². The first-order valence-corrected chi connectivity index (χ1v) is 7.87. The van der Waals surface area contributed by atoms with Crippen LogP contribution in [0.2, 0.25) is 0 Å². The zero-order valence-electron chi connectivity index (χ0n) is 11.1. The molecular weight excluding hydrogens is 288 g/mol. The number of hydrogen-bond donors (Lipinski definition) is 1. The number of benzene rings is 1. The Morgan fingerprint density at radius 3 is 2.40 bits per heavy atom. The van der Waals surface area contributed by atoms with Crippen molar-refractivity contribution >= 4 is 10.0 Å². The van der Waals surface area contributed by atoms with Crippen LogP contribution in [-0.4, -0.2) is 37.5 Å². The van der Waals surface area contributed by atoms with Crippen molar-refractivity contribution < 1.29 is 22.3 Å². The van der Waals surface area contributed by atoms with E-state index >= 15 is 0 Å². The Balaban J connectivity index is 2.30. The van der Waals surface area contributed by atoms with E-state index in [2.05, 4.69) is 0 Å². The predicted octanol–water partition coefficient (Wildman–Crippen LogP) is 1.67. The topological polar surface area (TPSA) is 57.6 Å². The summed E-state index contributed by atoms with van der Waals surface area (Å²) in [5.74, 6) is -1.75. The fourth-order valence-electron chi connectivity index (χ4n) is 2.30. The lowest BCUT2D eigenvalue weighted by Crippen LogP contribution is -2.39. The number of aliphatic hydroxyl groups is 1. The molecule has 0 atom stereocenters. The van der Waals surface area contributed by atoms with Crippen molar-refractivity contribution in [1.82, 2.24) is 4.31 Å². The van der Waals surface area contributed by atoms with Gasteiger partial charge in [0, 0.05) is 25.8 Å². The van der Waals surface area contributed by atoms with Gasteiger partial charge in [0.1, 0.15) is 16.5 Å². The summed E-state index contributed by atoms with van der Waals surface area (Å²) in [4.78, 5) is -0.487. The predicted molar refractivity (Wildman–Crippen MR) is 69.7 cm³/mol. The molecule has 1 aliphatic rings. The van der Waals surface area contributed by atoms with Crippen LogP contribution >= 0.6 is 0 Å². The summed E-state index contributed by atoms with van der Waals surface area (Å²) in [6.07, 6.45) is 1.08. The van der Waals surface area contributed by atoms with Crippen LogP contribution in [0.3, 0.4) is 0 Å².